The average Bonchev–Trinajstić information content (AvgIpc) is 2.76. The first-order valence-corrected chi connectivity index (χ1v) is 12.3. The highest BCUT2D eigenvalue weighted by Crippen LogP contribution is 2.44. The molecule has 4 nitrogen and oxygen atoms in total. The third-order valence-electron chi connectivity index (χ3n) is 7.18. The summed E-state index contributed by atoms with van der Waals surface area (Å²) in [4.78, 5) is 25.4. The van der Waals surface area contributed by atoms with Crippen LogP contribution in [0.1, 0.15) is 78.4 Å². The first kappa shape index (κ1) is 24.3. The number of carbonyl (C=O) groups is 2. The summed E-state index contributed by atoms with van der Waals surface area (Å²) in [5.41, 5.74) is 2.04. The third kappa shape index (κ3) is 4.43. The number of carboxylic acids is 1. The fourth-order valence-corrected chi connectivity index (χ4v) is 5.42. The van der Waals surface area contributed by atoms with Crippen molar-refractivity contribution < 1.29 is 19.4 Å². The summed E-state index contributed by atoms with van der Waals surface area (Å²) in [6.07, 6.45) is 2.76. The molecule has 0 bridgehead atoms. The van der Waals surface area contributed by atoms with E-state index in [1.54, 1.807) is 0 Å². The molecule has 0 saturated heterocycles. The number of aliphatic carboxylic acids is 1. The summed E-state index contributed by atoms with van der Waals surface area (Å²) in [6.45, 7) is 13.0. The number of fused-ring (bicyclic) bond motifs is 2. The zero-order chi connectivity index (χ0) is 24.8. The van der Waals surface area contributed by atoms with Gasteiger partial charge in [0.1, 0.15) is 5.75 Å². The van der Waals surface area contributed by atoms with E-state index in [0.29, 0.717) is 18.6 Å². The van der Waals surface area contributed by atoms with E-state index in [9.17, 15) is 14.7 Å². The van der Waals surface area contributed by atoms with Crippen molar-refractivity contribution in [1.29, 1.82) is 0 Å². The Hall–Kier alpha value is -2.88. The number of hydrogen-bond donors (Lipinski definition) is 1. The second kappa shape index (κ2) is 8.72. The van der Waals surface area contributed by atoms with Crippen molar-refractivity contribution in [3.05, 3.63) is 53.6 Å². The highest BCUT2D eigenvalue weighted by atomic mass is 16.5. The van der Waals surface area contributed by atoms with Crippen LogP contribution in [0.3, 0.4) is 0 Å². The molecule has 1 N–H and O–H groups in total. The second-order valence-corrected chi connectivity index (χ2v) is 11.8. The van der Waals surface area contributed by atoms with Gasteiger partial charge in [-0.05, 0) is 51.6 Å². The molecule has 4 rings (SSSR count). The van der Waals surface area contributed by atoms with E-state index in [1.807, 2.05) is 12.1 Å². The predicted octanol–water partition coefficient (Wildman–Crippen LogP) is 7.38. The standard InChI is InChI=1S/C30H36O4/c1-29(2,3)23-15-10-14-19-22(23)17-18-11-9-16-24(30(4,5)6)25(18)26(19)34-28(33)21-13-8-7-12-20(21)27(31)32/h9-11,14-17,20-21H,7-8,12-13H2,1-6H3,(H,31,32). The minimum atomic E-state index is -0.908. The molecule has 0 aromatic heterocycles. The number of hydrogen-bond acceptors (Lipinski definition) is 3. The molecule has 3 aromatic carbocycles. The van der Waals surface area contributed by atoms with E-state index in [-0.39, 0.29) is 10.8 Å². The van der Waals surface area contributed by atoms with Crippen molar-refractivity contribution in [3.63, 3.8) is 0 Å². The summed E-state index contributed by atoms with van der Waals surface area (Å²) in [5, 5.41) is 13.7. The van der Waals surface area contributed by atoms with Crippen LogP contribution in [-0.2, 0) is 20.4 Å². The summed E-state index contributed by atoms with van der Waals surface area (Å²) in [5.74, 6) is -2.08. The molecule has 34 heavy (non-hydrogen) atoms. The zero-order valence-corrected chi connectivity index (χ0v) is 21.2. The zero-order valence-electron chi connectivity index (χ0n) is 21.2. The lowest BCUT2D eigenvalue weighted by Crippen LogP contribution is -2.35. The Morgan fingerprint density at radius 1 is 0.824 bits per heavy atom. The lowest BCUT2D eigenvalue weighted by molar-refractivity contribution is -0.153. The maximum Gasteiger partial charge on any atom is 0.315 e. The van der Waals surface area contributed by atoms with Crippen LogP contribution in [0.25, 0.3) is 21.5 Å². The SMILES string of the molecule is CC(C)(C)c1cccc2c(OC(=O)C3CCCCC3C(=O)O)c3c(C(C)(C)C)cccc3cc12. The van der Waals surface area contributed by atoms with E-state index in [2.05, 4.69) is 71.9 Å². The van der Waals surface area contributed by atoms with Crippen molar-refractivity contribution in [2.24, 2.45) is 11.8 Å². The molecule has 1 fully saturated rings. The third-order valence-corrected chi connectivity index (χ3v) is 7.18. The molecule has 0 amide bonds. The number of esters is 1. The van der Waals surface area contributed by atoms with Gasteiger partial charge in [-0.1, -0.05) is 90.8 Å². The molecule has 4 heteroatoms. The van der Waals surface area contributed by atoms with Gasteiger partial charge in [-0.3, -0.25) is 9.59 Å². The molecule has 0 heterocycles. The fraction of sp³-hybridized carbons (Fsp3) is 0.467. The van der Waals surface area contributed by atoms with Gasteiger partial charge < -0.3 is 9.84 Å². The van der Waals surface area contributed by atoms with Gasteiger partial charge in [0.25, 0.3) is 0 Å². The van der Waals surface area contributed by atoms with Crippen molar-refractivity contribution >= 4 is 33.5 Å². The number of carbonyl (C=O) groups excluding carboxylic acids is 1. The van der Waals surface area contributed by atoms with Crippen LogP contribution in [0.5, 0.6) is 5.75 Å². The van der Waals surface area contributed by atoms with Gasteiger partial charge in [-0.15, -0.1) is 0 Å². The molecule has 1 aliphatic rings. The van der Waals surface area contributed by atoms with Gasteiger partial charge in [0, 0.05) is 10.8 Å². The van der Waals surface area contributed by atoms with Gasteiger partial charge >= 0.3 is 11.9 Å². The van der Waals surface area contributed by atoms with Crippen molar-refractivity contribution in [2.75, 3.05) is 0 Å². The Labute approximate surface area is 202 Å². The van der Waals surface area contributed by atoms with E-state index >= 15 is 0 Å². The summed E-state index contributed by atoms with van der Waals surface area (Å²) in [7, 11) is 0. The molecule has 180 valence electrons. The first-order chi connectivity index (χ1) is 15.9. The Morgan fingerprint density at radius 3 is 2.03 bits per heavy atom. The van der Waals surface area contributed by atoms with Crippen LogP contribution in [0.2, 0.25) is 0 Å². The van der Waals surface area contributed by atoms with E-state index < -0.39 is 23.8 Å². The van der Waals surface area contributed by atoms with Gasteiger partial charge in [0.05, 0.1) is 11.8 Å². The van der Waals surface area contributed by atoms with Gasteiger partial charge in [-0.2, -0.15) is 0 Å². The topological polar surface area (TPSA) is 63.6 Å². The summed E-state index contributed by atoms with van der Waals surface area (Å²) < 4.78 is 6.26. The molecule has 2 atom stereocenters. The Kier molecular flexibility index (Phi) is 6.22. The number of carboxylic acid groups (broad SMARTS) is 1. The van der Waals surface area contributed by atoms with E-state index in [0.717, 1.165) is 39.9 Å². The fourth-order valence-electron chi connectivity index (χ4n) is 5.42. The molecular weight excluding hydrogens is 424 g/mol. The van der Waals surface area contributed by atoms with E-state index in [4.69, 9.17) is 4.74 Å². The largest absolute Gasteiger partial charge is 0.481 e. The number of benzene rings is 3. The van der Waals surface area contributed by atoms with Gasteiger partial charge in [0.2, 0.25) is 0 Å². The molecule has 1 saturated carbocycles. The molecule has 0 radical (unpaired) electrons. The van der Waals surface area contributed by atoms with Gasteiger partial charge in [0.15, 0.2) is 0 Å². The first-order valence-electron chi connectivity index (χ1n) is 12.3. The van der Waals surface area contributed by atoms with Crippen molar-refractivity contribution in [3.8, 4) is 5.75 Å². The lowest BCUT2D eigenvalue weighted by atomic mass is 9.79. The van der Waals surface area contributed by atoms with Crippen LogP contribution < -0.4 is 4.74 Å². The van der Waals surface area contributed by atoms with Crippen LogP contribution in [0, 0.1) is 11.8 Å². The summed E-state index contributed by atoms with van der Waals surface area (Å²) >= 11 is 0. The molecule has 0 spiro atoms. The highest BCUT2D eigenvalue weighted by Gasteiger charge is 2.38. The highest BCUT2D eigenvalue weighted by molar-refractivity contribution is 6.09. The lowest BCUT2D eigenvalue weighted by Gasteiger charge is -2.29. The quantitative estimate of drug-likeness (QED) is 0.251. The molecular formula is C30H36O4. The number of rotatable bonds is 3. The summed E-state index contributed by atoms with van der Waals surface area (Å²) in [6, 6.07) is 14.6. The number of ether oxygens (including phenoxy) is 1. The average molecular weight is 461 g/mol. The molecule has 2 unspecified atom stereocenters. The molecule has 0 aliphatic heterocycles. The predicted molar refractivity (Wildman–Crippen MR) is 138 cm³/mol. The second-order valence-electron chi connectivity index (χ2n) is 11.8. The Balaban J connectivity index is 1.99. The van der Waals surface area contributed by atoms with Crippen LogP contribution in [0.4, 0.5) is 0 Å². The van der Waals surface area contributed by atoms with Crippen molar-refractivity contribution in [2.45, 2.75) is 78.1 Å². The minimum absolute atomic E-state index is 0.0894. The van der Waals surface area contributed by atoms with Crippen LogP contribution >= 0.6 is 0 Å². The monoisotopic (exact) mass is 460 g/mol. The molecule has 1 aliphatic carbocycles. The maximum atomic E-state index is 13.5. The minimum Gasteiger partial charge on any atom is -0.481 e. The van der Waals surface area contributed by atoms with Crippen LogP contribution in [-0.4, -0.2) is 17.0 Å². The normalized spacial score (nSPS) is 19.4. The van der Waals surface area contributed by atoms with Crippen molar-refractivity contribution in [1.82, 2.24) is 0 Å². The van der Waals surface area contributed by atoms with Crippen LogP contribution in [0.15, 0.2) is 42.5 Å². The molecule has 3 aromatic rings. The maximum absolute atomic E-state index is 13.5. The smallest absolute Gasteiger partial charge is 0.315 e. The van der Waals surface area contributed by atoms with Gasteiger partial charge in [-0.25, -0.2) is 0 Å². The Bertz CT molecular complexity index is 1260. The Morgan fingerprint density at radius 2 is 1.41 bits per heavy atom. The van der Waals surface area contributed by atoms with E-state index in [1.165, 1.54) is 5.56 Å².